The number of aryl methyl sites for hydroxylation is 2. The highest BCUT2D eigenvalue weighted by Crippen LogP contribution is 2.57. The van der Waals surface area contributed by atoms with E-state index in [2.05, 4.69) is 15.4 Å². The molecule has 2 atom stereocenters. The Hall–Kier alpha value is -2.15. The quantitative estimate of drug-likeness (QED) is 0.882. The number of carbonyl (C=O) groups is 1. The van der Waals surface area contributed by atoms with Gasteiger partial charge in [0, 0.05) is 30.8 Å². The van der Waals surface area contributed by atoms with Gasteiger partial charge in [-0.05, 0) is 39.2 Å². The Kier molecular flexibility index (Phi) is 3.72. The van der Waals surface area contributed by atoms with E-state index in [1.54, 1.807) is 17.8 Å². The van der Waals surface area contributed by atoms with Gasteiger partial charge in [0.15, 0.2) is 5.65 Å². The SMILES string of the molecule is CCO[C@H]1C[C@@H](NC(=O)c2cc(C)nc3c2c(=O)[nH]n3C)C12CCC2. The van der Waals surface area contributed by atoms with E-state index in [9.17, 15) is 9.59 Å². The fourth-order valence-electron chi connectivity index (χ4n) is 4.44. The molecular formula is C18H24N4O3. The van der Waals surface area contributed by atoms with Crippen LogP contribution < -0.4 is 10.9 Å². The third-order valence-electron chi connectivity index (χ3n) is 5.93. The van der Waals surface area contributed by atoms with Crippen molar-refractivity contribution in [3.05, 3.63) is 27.7 Å². The highest BCUT2D eigenvalue weighted by Gasteiger charge is 2.59. The molecular weight excluding hydrogens is 320 g/mol. The molecule has 2 aliphatic rings. The Morgan fingerprint density at radius 3 is 2.92 bits per heavy atom. The number of aromatic nitrogens is 3. The summed E-state index contributed by atoms with van der Waals surface area (Å²) in [5.41, 5.74) is 1.43. The number of amides is 1. The molecule has 2 aromatic rings. The number of rotatable bonds is 4. The fraction of sp³-hybridized carbons (Fsp3) is 0.611. The minimum absolute atomic E-state index is 0.0932. The predicted octanol–water partition coefficient (Wildman–Crippen LogP) is 1.65. The summed E-state index contributed by atoms with van der Waals surface area (Å²) in [6, 6.07) is 1.82. The van der Waals surface area contributed by atoms with Crippen LogP contribution in [0.25, 0.3) is 11.0 Å². The van der Waals surface area contributed by atoms with Gasteiger partial charge in [-0.25, -0.2) is 4.98 Å². The van der Waals surface area contributed by atoms with Crippen molar-refractivity contribution < 1.29 is 9.53 Å². The van der Waals surface area contributed by atoms with Crippen molar-refractivity contribution in [3.8, 4) is 0 Å². The fourth-order valence-corrected chi connectivity index (χ4v) is 4.44. The van der Waals surface area contributed by atoms with E-state index in [1.807, 2.05) is 13.8 Å². The van der Waals surface area contributed by atoms with Crippen LogP contribution in [-0.4, -0.2) is 39.4 Å². The molecule has 0 aromatic carbocycles. The first kappa shape index (κ1) is 16.3. The lowest BCUT2D eigenvalue weighted by atomic mass is 9.51. The van der Waals surface area contributed by atoms with Crippen molar-refractivity contribution in [2.75, 3.05) is 6.61 Å². The van der Waals surface area contributed by atoms with Gasteiger partial charge >= 0.3 is 0 Å². The lowest BCUT2D eigenvalue weighted by Gasteiger charge is -2.61. The summed E-state index contributed by atoms with van der Waals surface area (Å²) in [7, 11) is 1.72. The maximum Gasteiger partial charge on any atom is 0.274 e. The average Bonchev–Trinajstić information content (AvgIpc) is 2.78. The number of carbonyl (C=O) groups excluding carboxylic acids is 1. The molecule has 7 nitrogen and oxygen atoms in total. The maximum atomic E-state index is 12.9. The summed E-state index contributed by atoms with van der Waals surface area (Å²) >= 11 is 0. The Morgan fingerprint density at radius 1 is 1.52 bits per heavy atom. The van der Waals surface area contributed by atoms with E-state index in [-0.39, 0.29) is 29.0 Å². The van der Waals surface area contributed by atoms with Crippen molar-refractivity contribution in [1.29, 1.82) is 0 Å². The molecule has 0 aliphatic heterocycles. The van der Waals surface area contributed by atoms with Crippen LogP contribution in [0.3, 0.4) is 0 Å². The second kappa shape index (κ2) is 5.69. The van der Waals surface area contributed by atoms with E-state index >= 15 is 0 Å². The molecule has 7 heteroatoms. The molecule has 2 aromatic heterocycles. The van der Waals surface area contributed by atoms with Crippen LogP contribution in [0.1, 0.15) is 48.7 Å². The number of nitrogens with zero attached hydrogens (tertiary/aromatic N) is 2. The number of ether oxygens (including phenoxy) is 1. The smallest absolute Gasteiger partial charge is 0.274 e. The van der Waals surface area contributed by atoms with Gasteiger partial charge in [-0.1, -0.05) is 6.42 Å². The molecule has 4 rings (SSSR count). The lowest BCUT2D eigenvalue weighted by molar-refractivity contribution is -0.169. The number of aromatic amines is 1. The van der Waals surface area contributed by atoms with Crippen molar-refractivity contribution in [1.82, 2.24) is 20.1 Å². The van der Waals surface area contributed by atoms with Crippen molar-refractivity contribution in [2.45, 2.75) is 51.7 Å². The third-order valence-corrected chi connectivity index (χ3v) is 5.93. The Bertz CT molecular complexity index is 894. The Morgan fingerprint density at radius 2 is 2.28 bits per heavy atom. The standard InChI is InChI=1S/C18H24N4O3/c1-4-25-13-9-12(18(13)6-5-7-18)20-16(23)11-8-10(2)19-15-14(11)17(24)21-22(15)3/h8,12-13H,4-7,9H2,1-3H3,(H,20,23)(H,21,24)/t12-,13+/m1/s1. The first-order valence-corrected chi connectivity index (χ1v) is 8.95. The van der Waals surface area contributed by atoms with Crippen LogP contribution in [-0.2, 0) is 11.8 Å². The minimum Gasteiger partial charge on any atom is -0.378 e. The highest BCUT2D eigenvalue weighted by atomic mass is 16.5. The van der Waals surface area contributed by atoms with Gasteiger partial charge in [0.05, 0.1) is 17.1 Å². The van der Waals surface area contributed by atoms with Crippen molar-refractivity contribution in [2.24, 2.45) is 12.5 Å². The highest BCUT2D eigenvalue weighted by molar-refractivity contribution is 6.05. The lowest BCUT2D eigenvalue weighted by Crippen LogP contribution is -2.67. The minimum atomic E-state index is -0.283. The zero-order valence-corrected chi connectivity index (χ0v) is 14.9. The second-order valence-corrected chi connectivity index (χ2v) is 7.30. The first-order valence-electron chi connectivity index (χ1n) is 8.95. The molecule has 0 radical (unpaired) electrons. The number of pyridine rings is 1. The number of fused-ring (bicyclic) bond motifs is 1. The van der Waals surface area contributed by atoms with Crippen LogP contribution >= 0.6 is 0 Å². The van der Waals surface area contributed by atoms with E-state index in [0.29, 0.717) is 28.9 Å². The summed E-state index contributed by atoms with van der Waals surface area (Å²) in [4.78, 5) is 29.5. The van der Waals surface area contributed by atoms with Gasteiger partial charge < -0.3 is 10.1 Å². The monoisotopic (exact) mass is 344 g/mol. The van der Waals surface area contributed by atoms with Gasteiger partial charge in [-0.15, -0.1) is 0 Å². The molecule has 2 aliphatic carbocycles. The Balaban J connectivity index is 1.62. The molecule has 2 fully saturated rings. The topological polar surface area (TPSA) is 89.0 Å². The number of nitrogens with one attached hydrogen (secondary N) is 2. The maximum absolute atomic E-state index is 12.9. The van der Waals surface area contributed by atoms with Crippen LogP contribution in [0.15, 0.2) is 10.9 Å². The molecule has 2 heterocycles. The molecule has 25 heavy (non-hydrogen) atoms. The molecule has 134 valence electrons. The summed E-state index contributed by atoms with van der Waals surface area (Å²) in [5.74, 6) is -0.196. The summed E-state index contributed by atoms with van der Waals surface area (Å²) in [6.07, 6.45) is 4.47. The first-order chi connectivity index (χ1) is 12.0. The van der Waals surface area contributed by atoms with Gasteiger partial charge in [-0.2, -0.15) is 0 Å². The summed E-state index contributed by atoms with van der Waals surface area (Å²) in [5, 5.41) is 6.20. The molecule has 1 spiro atoms. The molecule has 0 bridgehead atoms. The van der Waals surface area contributed by atoms with E-state index in [0.717, 1.165) is 19.3 Å². The van der Waals surface area contributed by atoms with Crippen LogP contribution in [0, 0.1) is 12.3 Å². The molecule has 1 amide bonds. The predicted molar refractivity (Wildman–Crippen MR) is 93.6 cm³/mol. The average molecular weight is 344 g/mol. The molecule has 0 unspecified atom stereocenters. The third kappa shape index (κ3) is 2.33. The van der Waals surface area contributed by atoms with E-state index < -0.39 is 0 Å². The van der Waals surface area contributed by atoms with Gasteiger partial charge in [0.1, 0.15) is 0 Å². The van der Waals surface area contributed by atoms with Crippen LogP contribution in [0.5, 0.6) is 0 Å². The van der Waals surface area contributed by atoms with Crippen LogP contribution in [0.4, 0.5) is 0 Å². The largest absolute Gasteiger partial charge is 0.378 e. The van der Waals surface area contributed by atoms with Crippen molar-refractivity contribution in [3.63, 3.8) is 0 Å². The van der Waals surface area contributed by atoms with Gasteiger partial charge in [0.2, 0.25) is 0 Å². The second-order valence-electron chi connectivity index (χ2n) is 7.30. The zero-order chi connectivity index (χ0) is 17.8. The van der Waals surface area contributed by atoms with Crippen molar-refractivity contribution >= 4 is 16.9 Å². The van der Waals surface area contributed by atoms with Gasteiger partial charge in [0.25, 0.3) is 11.5 Å². The molecule has 2 N–H and O–H groups in total. The van der Waals surface area contributed by atoms with E-state index in [4.69, 9.17) is 4.74 Å². The zero-order valence-electron chi connectivity index (χ0n) is 14.9. The number of H-pyrrole nitrogens is 1. The van der Waals surface area contributed by atoms with E-state index in [1.165, 1.54) is 6.42 Å². The van der Waals surface area contributed by atoms with Crippen LogP contribution in [0.2, 0.25) is 0 Å². The normalized spacial score (nSPS) is 24.1. The Labute approximate surface area is 145 Å². The summed E-state index contributed by atoms with van der Waals surface area (Å²) < 4.78 is 7.40. The molecule has 2 saturated carbocycles. The van der Waals surface area contributed by atoms with Gasteiger partial charge in [-0.3, -0.25) is 19.4 Å². The molecule has 0 saturated heterocycles. The summed E-state index contributed by atoms with van der Waals surface area (Å²) in [6.45, 7) is 4.54. The number of hydrogen-bond acceptors (Lipinski definition) is 4. The number of hydrogen-bond donors (Lipinski definition) is 2.